The Morgan fingerprint density at radius 3 is 2.79 bits per heavy atom. The maximum Gasteiger partial charge on any atom is 0.270 e. The van der Waals surface area contributed by atoms with Gasteiger partial charge in [-0.25, -0.2) is 4.98 Å². The van der Waals surface area contributed by atoms with Gasteiger partial charge < -0.3 is 19.3 Å². The second-order valence-corrected chi connectivity index (χ2v) is 5.93. The van der Waals surface area contributed by atoms with E-state index in [0.717, 1.165) is 0 Å². The second kappa shape index (κ2) is 6.96. The highest BCUT2D eigenvalue weighted by molar-refractivity contribution is 5.93. The van der Waals surface area contributed by atoms with Crippen LogP contribution in [-0.2, 0) is 10.3 Å². The Hall–Kier alpha value is -2.48. The smallest absolute Gasteiger partial charge is 0.270 e. The quantitative estimate of drug-likeness (QED) is 0.889. The summed E-state index contributed by atoms with van der Waals surface area (Å²) in [6.45, 7) is 4.83. The van der Waals surface area contributed by atoms with Crippen molar-refractivity contribution >= 4 is 5.91 Å². The van der Waals surface area contributed by atoms with Crippen LogP contribution in [0.25, 0.3) is 0 Å². The Morgan fingerprint density at radius 2 is 2.12 bits per heavy atom. The van der Waals surface area contributed by atoms with E-state index in [1.54, 1.807) is 18.2 Å². The molecule has 128 valence electrons. The lowest BCUT2D eigenvalue weighted by Crippen LogP contribution is -2.50. The number of pyridine rings is 1. The van der Waals surface area contributed by atoms with Crippen molar-refractivity contribution in [3.8, 4) is 5.88 Å². The van der Waals surface area contributed by atoms with Crippen LogP contribution in [0.2, 0.25) is 0 Å². The molecule has 1 aliphatic rings. The van der Waals surface area contributed by atoms with E-state index in [9.17, 15) is 4.79 Å². The Labute approximate surface area is 139 Å². The highest BCUT2D eigenvalue weighted by Crippen LogP contribution is 2.30. The minimum atomic E-state index is -0.709. The summed E-state index contributed by atoms with van der Waals surface area (Å²) in [5.74, 6) is 0.558. The molecule has 1 N–H and O–H groups in total. The molecule has 2 aromatic rings. The van der Waals surface area contributed by atoms with Gasteiger partial charge in [0.25, 0.3) is 5.91 Å². The maximum atomic E-state index is 12.7. The highest BCUT2D eigenvalue weighted by Gasteiger charge is 2.40. The summed E-state index contributed by atoms with van der Waals surface area (Å²) in [5, 5.41) is 6.92. The van der Waals surface area contributed by atoms with E-state index in [1.165, 1.54) is 6.39 Å². The van der Waals surface area contributed by atoms with Gasteiger partial charge >= 0.3 is 0 Å². The zero-order chi connectivity index (χ0) is 17.0. The number of carbonyl (C=O) groups excluding carboxylic acids is 1. The van der Waals surface area contributed by atoms with Crippen molar-refractivity contribution in [1.82, 2.24) is 20.4 Å². The molecule has 24 heavy (non-hydrogen) atoms. The van der Waals surface area contributed by atoms with Crippen molar-refractivity contribution in [2.24, 2.45) is 0 Å². The first kappa shape index (κ1) is 16.4. The number of ether oxygens (including phenoxy) is 2. The van der Waals surface area contributed by atoms with Crippen molar-refractivity contribution in [3.63, 3.8) is 0 Å². The monoisotopic (exact) mass is 332 g/mol. The normalized spacial score (nSPS) is 16.8. The van der Waals surface area contributed by atoms with Crippen LogP contribution >= 0.6 is 0 Å². The molecule has 0 radical (unpaired) electrons. The zero-order valence-electron chi connectivity index (χ0n) is 13.7. The topological polar surface area (TPSA) is 99.4 Å². The van der Waals surface area contributed by atoms with Crippen molar-refractivity contribution < 1.29 is 18.8 Å². The van der Waals surface area contributed by atoms with Crippen LogP contribution in [0.3, 0.4) is 0 Å². The van der Waals surface area contributed by atoms with E-state index < -0.39 is 5.54 Å². The van der Waals surface area contributed by atoms with Crippen LogP contribution in [0.15, 0.2) is 29.1 Å². The maximum absolute atomic E-state index is 12.7. The van der Waals surface area contributed by atoms with Gasteiger partial charge in [0.2, 0.25) is 12.3 Å². The molecule has 8 heteroatoms. The molecule has 1 saturated heterocycles. The lowest BCUT2D eigenvalue weighted by molar-refractivity contribution is 0.0304. The van der Waals surface area contributed by atoms with E-state index in [-0.39, 0.29) is 17.7 Å². The van der Waals surface area contributed by atoms with Crippen LogP contribution in [-0.4, -0.2) is 40.3 Å². The van der Waals surface area contributed by atoms with Gasteiger partial charge in [0.1, 0.15) is 11.2 Å². The fourth-order valence-electron chi connectivity index (χ4n) is 2.64. The van der Waals surface area contributed by atoms with Gasteiger partial charge in [0.15, 0.2) is 5.82 Å². The molecule has 3 heterocycles. The molecule has 0 spiro atoms. The van der Waals surface area contributed by atoms with Crippen LogP contribution in [0.1, 0.15) is 43.0 Å². The van der Waals surface area contributed by atoms with E-state index in [2.05, 4.69) is 20.4 Å². The van der Waals surface area contributed by atoms with E-state index in [4.69, 9.17) is 14.0 Å². The first-order chi connectivity index (χ1) is 11.6. The van der Waals surface area contributed by atoms with Crippen molar-refractivity contribution in [3.05, 3.63) is 36.1 Å². The summed E-state index contributed by atoms with van der Waals surface area (Å²) in [6, 6.07) is 5.11. The SMILES string of the molecule is CC(C)Oc1cccc(C(=O)NC2(c3ncon3)CCOCC2)n1. The van der Waals surface area contributed by atoms with Crippen LogP contribution in [0, 0.1) is 0 Å². The third kappa shape index (κ3) is 3.53. The van der Waals surface area contributed by atoms with E-state index >= 15 is 0 Å². The Kier molecular flexibility index (Phi) is 4.75. The summed E-state index contributed by atoms with van der Waals surface area (Å²) in [7, 11) is 0. The van der Waals surface area contributed by atoms with Crippen LogP contribution in [0.4, 0.5) is 0 Å². The lowest BCUT2D eigenvalue weighted by atomic mass is 9.89. The van der Waals surface area contributed by atoms with Gasteiger partial charge in [0, 0.05) is 32.1 Å². The van der Waals surface area contributed by atoms with E-state index in [0.29, 0.717) is 37.8 Å². The van der Waals surface area contributed by atoms with Crippen molar-refractivity contribution in [1.29, 1.82) is 0 Å². The molecule has 3 rings (SSSR count). The predicted octanol–water partition coefficient (Wildman–Crippen LogP) is 1.69. The fraction of sp³-hybridized carbons (Fsp3) is 0.500. The number of nitrogens with one attached hydrogen (secondary N) is 1. The van der Waals surface area contributed by atoms with Gasteiger partial charge in [-0.15, -0.1) is 0 Å². The molecule has 0 aromatic carbocycles. The average Bonchev–Trinajstić information content (AvgIpc) is 3.10. The lowest BCUT2D eigenvalue weighted by Gasteiger charge is -2.35. The predicted molar refractivity (Wildman–Crippen MR) is 83.5 cm³/mol. The Bertz CT molecular complexity index is 681. The number of amides is 1. The largest absolute Gasteiger partial charge is 0.475 e. The summed E-state index contributed by atoms with van der Waals surface area (Å²) >= 11 is 0. The molecule has 0 unspecified atom stereocenters. The fourth-order valence-corrected chi connectivity index (χ4v) is 2.64. The number of hydrogen-bond donors (Lipinski definition) is 1. The number of aromatic nitrogens is 3. The third-order valence-corrected chi connectivity index (χ3v) is 3.80. The minimum Gasteiger partial charge on any atom is -0.475 e. The van der Waals surface area contributed by atoms with Crippen molar-refractivity contribution in [2.75, 3.05) is 13.2 Å². The van der Waals surface area contributed by atoms with Gasteiger partial charge in [-0.3, -0.25) is 4.79 Å². The number of rotatable bonds is 5. The van der Waals surface area contributed by atoms with Crippen molar-refractivity contribution in [2.45, 2.75) is 38.3 Å². The van der Waals surface area contributed by atoms with E-state index in [1.807, 2.05) is 13.8 Å². The number of carbonyl (C=O) groups is 1. The van der Waals surface area contributed by atoms with Gasteiger partial charge in [-0.05, 0) is 19.9 Å². The molecule has 2 aromatic heterocycles. The third-order valence-electron chi connectivity index (χ3n) is 3.80. The summed E-state index contributed by atoms with van der Waals surface area (Å²) in [4.78, 5) is 21.1. The standard InChI is InChI=1S/C16H20N4O4/c1-11(2)24-13-5-3-4-12(18-13)14(21)19-16(6-8-22-9-7-16)15-17-10-23-20-15/h3-5,10-11H,6-9H2,1-2H3,(H,19,21). The first-order valence-electron chi connectivity index (χ1n) is 7.90. The number of hydrogen-bond acceptors (Lipinski definition) is 7. The molecular weight excluding hydrogens is 312 g/mol. The molecular formula is C16H20N4O4. The molecule has 1 fully saturated rings. The summed E-state index contributed by atoms with van der Waals surface area (Å²) < 4.78 is 15.8. The molecule has 1 amide bonds. The molecule has 0 aliphatic carbocycles. The molecule has 1 aliphatic heterocycles. The molecule has 0 atom stereocenters. The van der Waals surface area contributed by atoms with Gasteiger partial charge in [-0.2, -0.15) is 4.98 Å². The van der Waals surface area contributed by atoms with Gasteiger partial charge in [0.05, 0.1) is 6.10 Å². The van der Waals surface area contributed by atoms with Gasteiger partial charge in [-0.1, -0.05) is 11.2 Å². The summed E-state index contributed by atoms with van der Waals surface area (Å²) in [6.07, 6.45) is 2.38. The van der Waals surface area contributed by atoms with Crippen LogP contribution in [0.5, 0.6) is 5.88 Å². The molecule has 0 saturated carbocycles. The summed E-state index contributed by atoms with van der Waals surface area (Å²) in [5.41, 5.74) is -0.429. The highest BCUT2D eigenvalue weighted by atomic mass is 16.5. The number of nitrogens with zero attached hydrogens (tertiary/aromatic N) is 3. The molecule has 0 bridgehead atoms. The zero-order valence-corrected chi connectivity index (χ0v) is 13.7. The average molecular weight is 332 g/mol. The van der Waals surface area contributed by atoms with Crippen LogP contribution < -0.4 is 10.1 Å². The Balaban J connectivity index is 1.81. The molecule has 8 nitrogen and oxygen atoms in total. The Morgan fingerprint density at radius 1 is 1.33 bits per heavy atom. The minimum absolute atomic E-state index is 0.0167. The first-order valence-corrected chi connectivity index (χ1v) is 7.90. The second-order valence-electron chi connectivity index (χ2n) is 5.93.